The number of anilines is 1. The summed E-state index contributed by atoms with van der Waals surface area (Å²) in [5.41, 5.74) is 7.82. The van der Waals surface area contributed by atoms with Crippen molar-refractivity contribution < 1.29 is 4.79 Å². The first-order chi connectivity index (χ1) is 20.1. The predicted molar refractivity (Wildman–Crippen MR) is 168 cm³/mol. The standard InChI is InChI=1S/C36H38N4O/c1-3-4-24-40-34(35(31-16-10-6-11-17-31)38-36(40)32-18-12-7-13-19-32)27-39(25-29-14-8-5-9-15-29)26-30-20-22-33(23-21-30)37-28(2)41/h5-23H,3-4,24-27H2,1-2H3,(H,37,41). The smallest absolute Gasteiger partial charge is 0.221 e. The molecule has 41 heavy (non-hydrogen) atoms. The fourth-order valence-corrected chi connectivity index (χ4v) is 5.21. The van der Waals surface area contributed by atoms with Gasteiger partial charge in [-0.05, 0) is 29.7 Å². The van der Waals surface area contributed by atoms with Crippen LogP contribution in [0.2, 0.25) is 0 Å². The lowest BCUT2D eigenvalue weighted by Gasteiger charge is -2.25. The third-order valence-corrected chi connectivity index (χ3v) is 7.19. The van der Waals surface area contributed by atoms with Gasteiger partial charge in [0.05, 0.1) is 11.4 Å². The van der Waals surface area contributed by atoms with Crippen LogP contribution in [0.3, 0.4) is 0 Å². The summed E-state index contributed by atoms with van der Waals surface area (Å²) in [6.07, 6.45) is 2.20. The molecule has 0 saturated carbocycles. The second kappa shape index (κ2) is 13.7. The minimum atomic E-state index is -0.0635. The van der Waals surface area contributed by atoms with Gasteiger partial charge in [0.2, 0.25) is 5.91 Å². The first-order valence-electron chi connectivity index (χ1n) is 14.4. The Labute approximate surface area is 243 Å². The zero-order chi connectivity index (χ0) is 28.4. The topological polar surface area (TPSA) is 50.2 Å². The van der Waals surface area contributed by atoms with E-state index in [-0.39, 0.29) is 5.91 Å². The number of hydrogen-bond donors (Lipinski definition) is 1. The molecule has 5 heteroatoms. The molecule has 1 amide bonds. The van der Waals surface area contributed by atoms with E-state index in [0.717, 1.165) is 67.4 Å². The van der Waals surface area contributed by atoms with Gasteiger partial charge in [0.15, 0.2) is 0 Å². The van der Waals surface area contributed by atoms with Crippen molar-refractivity contribution in [2.45, 2.75) is 52.9 Å². The van der Waals surface area contributed by atoms with E-state index in [0.29, 0.717) is 0 Å². The van der Waals surface area contributed by atoms with E-state index < -0.39 is 0 Å². The summed E-state index contributed by atoms with van der Waals surface area (Å²) in [5.74, 6) is 0.957. The lowest BCUT2D eigenvalue weighted by Crippen LogP contribution is -2.24. The fourth-order valence-electron chi connectivity index (χ4n) is 5.21. The summed E-state index contributed by atoms with van der Waals surface area (Å²) in [7, 11) is 0. The maximum absolute atomic E-state index is 11.5. The van der Waals surface area contributed by atoms with Gasteiger partial charge in [-0.2, -0.15) is 0 Å². The Hall–Kier alpha value is -4.48. The maximum Gasteiger partial charge on any atom is 0.221 e. The molecule has 5 aromatic rings. The Morgan fingerprint density at radius 3 is 1.88 bits per heavy atom. The van der Waals surface area contributed by atoms with Crippen molar-refractivity contribution in [3.05, 3.63) is 132 Å². The SMILES string of the molecule is CCCCn1c(-c2ccccc2)nc(-c2ccccc2)c1CN(Cc1ccccc1)Cc1ccc(NC(C)=O)cc1. The largest absolute Gasteiger partial charge is 0.326 e. The molecule has 0 fully saturated rings. The molecule has 0 saturated heterocycles. The lowest BCUT2D eigenvalue weighted by atomic mass is 10.1. The van der Waals surface area contributed by atoms with E-state index in [9.17, 15) is 4.79 Å². The number of hydrogen-bond acceptors (Lipinski definition) is 3. The number of nitrogens with zero attached hydrogens (tertiary/aromatic N) is 3. The molecule has 0 aliphatic carbocycles. The lowest BCUT2D eigenvalue weighted by molar-refractivity contribution is -0.114. The van der Waals surface area contributed by atoms with Gasteiger partial charge in [-0.3, -0.25) is 9.69 Å². The van der Waals surface area contributed by atoms with Crippen molar-refractivity contribution in [2.24, 2.45) is 0 Å². The van der Waals surface area contributed by atoms with E-state index in [1.807, 2.05) is 12.1 Å². The van der Waals surface area contributed by atoms with E-state index in [1.165, 1.54) is 23.7 Å². The molecule has 5 nitrogen and oxygen atoms in total. The molecule has 208 valence electrons. The molecule has 0 unspecified atom stereocenters. The molecule has 0 aliphatic heterocycles. The molecule has 4 aromatic carbocycles. The first kappa shape index (κ1) is 28.1. The highest BCUT2D eigenvalue weighted by molar-refractivity contribution is 5.88. The van der Waals surface area contributed by atoms with Crippen LogP contribution in [0, 0.1) is 0 Å². The number of nitrogens with one attached hydrogen (secondary N) is 1. The van der Waals surface area contributed by atoms with Crippen molar-refractivity contribution in [1.29, 1.82) is 0 Å². The van der Waals surface area contributed by atoms with Crippen molar-refractivity contribution in [2.75, 3.05) is 5.32 Å². The van der Waals surface area contributed by atoms with Crippen molar-refractivity contribution in [3.63, 3.8) is 0 Å². The summed E-state index contributed by atoms with van der Waals surface area (Å²) >= 11 is 0. The predicted octanol–water partition coefficient (Wildman–Crippen LogP) is 8.18. The molecule has 1 aromatic heterocycles. The van der Waals surface area contributed by atoms with Crippen LogP contribution in [0.1, 0.15) is 43.5 Å². The Morgan fingerprint density at radius 2 is 1.29 bits per heavy atom. The maximum atomic E-state index is 11.5. The number of unbranched alkanes of at least 4 members (excludes halogenated alkanes) is 1. The summed E-state index contributed by atoms with van der Waals surface area (Å²) in [6, 6.07) is 39.9. The number of imidazole rings is 1. The molecule has 1 heterocycles. The molecular formula is C36H38N4O. The Bertz CT molecular complexity index is 1530. The number of aromatic nitrogens is 2. The van der Waals surface area contributed by atoms with Gasteiger partial charge in [0, 0.05) is 49.9 Å². The average molecular weight is 543 g/mol. The van der Waals surface area contributed by atoms with Gasteiger partial charge < -0.3 is 9.88 Å². The van der Waals surface area contributed by atoms with Crippen LogP contribution in [0.4, 0.5) is 5.69 Å². The molecule has 5 rings (SSSR count). The zero-order valence-electron chi connectivity index (χ0n) is 24.0. The van der Waals surface area contributed by atoms with Crippen LogP contribution in [0.5, 0.6) is 0 Å². The van der Waals surface area contributed by atoms with Crippen LogP contribution in [-0.2, 0) is 31.0 Å². The normalized spacial score (nSPS) is 11.1. The monoisotopic (exact) mass is 542 g/mol. The molecule has 0 aliphatic rings. The molecule has 0 spiro atoms. The molecule has 0 atom stereocenters. The quantitative estimate of drug-likeness (QED) is 0.173. The Balaban J connectivity index is 1.57. The van der Waals surface area contributed by atoms with Gasteiger partial charge in [-0.15, -0.1) is 0 Å². The van der Waals surface area contributed by atoms with E-state index in [1.54, 1.807) is 0 Å². The van der Waals surface area contributed by atoms with E-state index in [4.69, 9.17) is 4.98 Å². The summed E-state index contributed by atoms with van der Waals surface area (Å²) < 4.78 is 2.44. The minimum Gasteiger partial charge on any atom is -0.326 e. The molecule has 1 N–H and O–H groups in total. The van der Waals surface area contributed by atoms with Crippen molar-refractivity contribution >= 4 is 11.6 Å². The molecule has 0 bridgehead atoms. The average Bonchev–Trinajstić information content (AvgIpc) is 3.36. The van der Waals surface area contributed by atoms with Crippen LogP contribution in [0.25, 0.3) is 22.6 Å². The molecule has 0 radical (unpaired) electrons. The second-order valence-electron chi connectivity index (χ2n) is 10.5. The first-order valence-corrected chi connectivity index (χ1v) is 14.4. The van der Waals surface area contributed by atoms with Crippen LogP contribution in [0.15, 0.2) is 115 Å². The number of carbonyl (C=O) groups excluding carboxylic acids is 1. The third kappa shape index (κ3) is 7.38. The van der Waals surface area contributed by atoms with Gasteiger partial charge in [-0.1, -0.05) is 116 Å². The summed E-state index contributed by atoms with van der Waals surface area (Å²) in [5, 5.41) is 2.87. The number of amides is 1. The van der Waals surface area contributed by atoms with E-state index >= 15 is 0 Å². The molecular weight excluding hydrogens is 504 g/mol. The van der Waals surface area contributed by atoms with Gasteiger partial charge in [-0.25, -0.2) is 4.98 Å². The van der Waals surface area contributed by atoms with Crippen molar-refractivity contribution in [3.8, 4) is 22.6 Å². The second-order valence-corrected chi connectivity index (χ2v) is 10.5. The van der Waals surface area contributed by atoms with Gasteiger partial charge in [0.25, 0.3) is 0 Å². The zero-order valence-corrected chi connectivity index (χ0v) is 24.0. The highest BCUT2D eigenvalue weighted by Crippen LogP contribution is 2.32. The van der Waals surface area contributed by atoms with Crippen LogP contribution in [-0.4, -0.2) is 20.4 Å². The highest BCUT2D eigenvalue weighted by Gasteiger charge is 2.22. The van der Waals surface area contributed by atoms with Crippen molar-refractivity contribution in [1.82, 2.24) is 14.5 Å². The number of benzene rings is 4. The van der Waals surface area contributed by atoms with Crippen LogP contribution >= 0.6 is 0 Å². The fraction of sp³-hybridized carbons (Fsp3) is 0.222. The van der Waals surface area contributed by atoms with Crippen LogP contribution < -0.4 is 5.32 Å². The van der Waals surface area contributed by atoms with Gasteiger partial charge in [0.1, 0.15) is 5.82 Å². The highest BCUT2D eigenvalue weighted by atomic mass is 16.1. The van der Waals surface area contributed by atoms with Gasteiger partial charge >= 0.3 is 0 Å². The third-order valence-electron chi connectivity index (χ3n) is 7.19. The summed E-state index contributed by atoms with van der Waals surface area (Å²) in [6.45, 7) is 7.01. The number of carbonyl (C=O) groups is 1. The Morgan fingerprint density at radius 1 is 0.732 bits per heavy atom. The Kier molecular flexibility index (Phi) is 9.40. The van der Waals surface area contributed by atoms with E-state index in [2.05, 4.69) is 125 Å². The summed E-state index contributed by atoms with van der Waals surface area (Å²) in [4.78, 5) is 19.3. The minimum absolute atomic E-state index is 0.0635. The number of rotatable bonds is 12.